The van der Waals surface area contributed by atoms with Crippen LogP contribution in [-0.2, 0) is 16.1 Å². The van der Waals surface area contributed by atoms with Crippen molar-refractivity contribution in [3.63, 3.8) is 0 Å². The van der Waals surface area contributed by atoms with Crippen molar-refractivity contribution in [2.75, 3.05) is 23.7 Å². The third-order valence-electron chi connectivity index (χ3n) is 5.57. The number of nitrogens with zero attached hydrogens (tertiary/aromatic N) is 2. The Labute approximate surface area is 176 Å². The average Bonchev–Trinajstić information content (AvgIpc) is 3.18. The molecule has 0 bridgehead atoms. The SMILES string of the molecule is CCc1ccc(NC(=O)N2CCC[C@]3(CC(C(=O)Nc4ccccc4)=NO3)C2)cc1. The zero-order valence-electron chi connectivity index (χ0n) is 17.1. The Morgan fingerprint density at radius 3 is 2.53 bits per heavy atom. The summed E-state index contributed by atoms with van der Waals surface area (Å²) in [5.74, 6) is -0.268. The molecule has 0 aromatic heterocycles. The average molecular weight is 406 g/mol. The highest BCUT2D eigenvalue weighted by molar-refractivity contribution is 6.43. The second-order valence-corrected chi connectivity index (χ2v) is 7.81. The van der Waals surface area contributed by atoms with Gasteiger partial charge in [0, 0.05) is 24.3 Å². The molecule has 2 aliphatic heterocycles. The lowest BCUT2D eigenvalue weighted by Crippen LogP contribution is -2.52. The summed E-state index contributed by atoms with van der Waals surface area (Å²) >= 11 is 0. The second-order valence-electron chi connectivity index (χ2n) is 7.81. The predicted octanol–water partition coefficient (Wildman–Crippen LogP) is 4.03. The number of benzene rings is 2. The lowest BCUT2D eigenvalue weighted by atomic mass is 9.88. The highest BCUT2D eigenvalue weighted by Crippen LogP contribution is 2.34. The molecule has 2 aromatic rings. The summed E-state index contributed by atoms with van der Waals surface area (Å²) < 4.78 is 0. The van der Waals surface area contributed by atoms with E-state index in [2.05, 4.69) is 22.7 Å². The first-order valence-corrected chi connectivity index (χ1v) is 10.3. The molecule has 7 nitrogen and oxygen atoms in total. The molecule has 3 amide bonds. The third-order valence-corrected chi connectivity index (χ3v) is 5.57. The minimum absolute atomic E-state index is 0.163. The Morgan fingerprint density at radius 2 is 1.80 bits per heavy atom. The Bertz CT molecular complexity index is 943. The number of anilines is 2. The Hall–Kier alpha value is -3.35. The van der Waals surface area contributed by atoms with Crippen LogP contribution >= 0.6 is 0 Å². The smallest absolute Gasteiger partial charge is 0.321 e. The molecule has 2 aliphatic rings. The third kappa shape index (κ3) is 4.45. The van der Waals surface area contributed by atoms with Gasteiger partial charge in [-0.2, -0.15) is 0 Å². The first kappa shape index (κ1) is 19.9. The van der Waals surface area contributed by atoms with Gasteiger partial charge in [0.2, 0.25) is 0 Å². The van der Waals surface area contributed by atoms with Gasteiger partial charge in [-0.05, 0) is 49.1 Å². The zero-order chi connectivity index (χ0) is 21.0. The number of carbonyl (C=O) groups excluding carboxylic acids is 2. The molecule has 2 heterocycles. The summed E-state index contributed by atoms with van der Waals surface area (Å²) in [6, 6.07) is 16.9. The van der Waals surface area contributed by atoms with Crippen molar-refractivity contribution in [1.29, 1.82) is 0 Å². The summed E-state index contributed by atoms with van der Waals surface area (Å²) in [4.78, 5) is 32.8. The van der Waals surface area contributed by atoms with E-state index in [1.807, 2.05) is 54.6 Å². The normalized spacial score (nSPS) is 20.4. The Kier molecular flexibility index (Phi) is 5.70. The van der Waals surface area contributed by atoms with E-state index in [4.69, 9.17) is 4.84 Å². The van der Waals surface area contributed by atoms with E-state index in [1.165, 1.54) is 5.56 Å². The standard InChI is InChI=1S/C23H26N4O3/c1-2-17-9-11-19(12-10-17)25-22(29)27-14-6-13-23(16-27)15-20(26-30-23)21(28)24-18-7-4-3-5-8-18/h3-5,7-12H,2,6,13-16H2,1H3,(H,24,28)(H,25,29)/t23-/m0/s1. The molecule has 2 aromatic carbocycles. The van der Waals surface area contributed by atoms with Gasteiger partial charge in [-0.3, -0.25) is 4.79 Å². The van der Waals surface area contributed by atoms with Crippen molar-refractivity contribution in [3.8, 4) is 0 Å². The van der Waals surface area contributed by atoms with Gasteiger partial charge in [0.15, 0.2) is 5.60 Å². The van der Waals surface area contributed by atoms with Crippen LogP contribution in [0.4, 0.5) is 16.2 Å². The molecule has 0 radical (unpaired) electrons. The number of aryl methyl sites for hydroxylation is 1. The fraction of sp³-hybridized carbons (Fsp3) is 0.348. The lowest BCUT2D eigenvalue weighted by Gasteiger charge is -2.38. The van der Waals surface area contributed by atoms with Gasteiger partial charge >= 0.3 is 6.03 Å². The minimum atomic E-state index is -0.634. The molecule has 1 atom stereocenters. The number of para-hydroxylation sites is 1. The summed E-state index contributed by atoms with van der Waals surface area (Å²) in [5.41, 5.74) is 2.43. The van der Waals surface area contributed by atoms with Crippen molar-refractivity contribution in [2.45, 2.75) is 38.2 Å². The van der Waals surface area contributed by atoms with Gasteiger partial charge in [-0.15, -0.1) is 0 Å². The molecule has 0 unspecified atom stereocenters. The quantitative estimate of drug-likeness (QED) is 0.804. The number of hydrogen-bond acceptors (Lipinski definition) is 4. The maximum Gasteiger partial charge on any atom is 0.321 e. The predicted molar refractivity (Wildman–Crippen MR) is 117 cm³/mol. The highest BCUT2D eigenvalue weighted by atomic mass is 16.7. The number of hydrogen-bond donors (Lipinski definition) is 2. The number of oxime groups is 1. The van der Waals surface area contributed by atoms with E-state index in [0.29, 0.717) is 30.9 Å². The second kappa shape index (κ2) is 8.57. The molecule has 0 aliphatic carbocycles. The highest BCUT2D eigenvalue weighted by Gasteiger charge is 2.45. The van der Waals surface area contributed by atoms with Crippen LogP contribution in [0.15, 0.2) is 59.8 Å². The Balaban J connectivity index is 1.35. The largest absolute Gasteiger partial charge is 0.386 e. The Morgan fingerprint density at radius 1 is 1.07 bits per heavy atom. The number of carbonyl (C=O) groups is 2. The van der Waals surface area contributed by atoms with Crippen molar-refractivity contribution in [3.05, 3.63) is 60.2 Å². The molecule has 7 heteroatoms. The number of likely N-dealkylation sites (tertiary alicyclic amines) is 1. The number of rotatable bonds is 4. The number of piperidine rings is 1. The summed E-state index contributed by atoms with van der Waals surface area (Å²) in [6.45, 7) is 3.14. The van der Waals surface area contributed by atoms with E-state index in [0.717, 1.165) is 24.9 Å². The molecule has 1 saturated heterocycles. The van der Waals surface area contributed by atoms with Gasteiger partial charge in [-0.1, -0.05) is 42.4 Å². The number of urea groups is 1. The van der Waals surface area contributed by atoms with Crippen LogP contribution in [0.25, 0.3) is 0 Å². The molecule has 4 rings (SSSR count). The number of amides is 3. The molecule has 30 heavy (non-hydrogen) atoms. The maximum atomic E-state index is 12.8. The van der Waals surface area contributed by atoms with Gasteiger partial charge in [0.1, 0.15) is 5.71 Å². The molecular formula is C23H26N4O3. The van der Waals surface area contributed by atoms with Crippen LogP contribution in [0.5, 0.6) is 0 Å². The fourth-order valence-electron chi connectivity index (χ4n) is 3.88. The molecule has 0 saturated carbocycles. The summed E-state index contributed by atoms with van der Waals surface area (Å²) in [7, 11) is 0. The van der Waals surface area contributed by atoms with Crippen molar-refractivity contribution < 1.29 is 14.4 Å². The molecule has 1 spiro atoms. The van der Waals surface area contributed by atoms with Crippen LogP contribution in [0, 0.1) is 0 Å². The van der Waals surface area contributed by atoms with Gasteiger partial charge in [0.05, 0.1) is 6.54 Å². The van der Waals surface area contributed by atoms with E-state index >= 15 is 0 Å². The van der Waals surface area contributed by atoms with Gasteiger partial charge < -0.3 is 20.4 Å². The number of nitrogens with one attached hydrogen (secondary N) is 2. The van der Waals surface area contributed by atoms with E-state index in [9.17, 15) is 9.59 Å². The molecule has 2 N–H and O–H groups in total. The first-order chi connectivity index (χ1) is 14.6. The fourth-order valence-corrected chi connectivity index (χ4v) is 3.88. The zero-order valence-corrected chi connectivity index (χ0v) is 17.1. The molecule has 156 valence electrons. The van der Waals surface area contributed by atoms with Crippen LogP contribution in [0.3, 0.4) is 0 Å². The summed E-state index contributed by atoms with van der Waals surface area (Å²) in [6.07, 6.45) is 2.90. The molecule has 1 fully saturated rings. The topological polar surface area (TPSA) is 83.0 Å². The maximum absolute atomic E-state index is 12.8. The molecular weight excluding hydrogens is 380 g/mol. The first-order valence-electron chi connectivity index (χ1n) is 10.3. The van der Waals surface area contributed by atoms with E-state index < -0.39 is 5.60 Å². The van der Waals surface area contributed by atoms with Crippen molar-refractivity contribution in [1.82, 2.24) is 4.90 Å². The van der Waals surface area contributed by atoms with Crippen molar-refractivity contribution >= 4 is 29.0 Å². The van der Waals surface area contributed by atoms with Crippen LogP contribution in [-0.4, -0.2) is 41.2 Å². The summed E-state index contributed by atoms with van der Waals surface area (Å²) in [5, 5.41) is 9.84. The van der Waals surface area contributed by atoms with E-state index in [1.54, 1.807) is 4.90 Å². The van der Waals surface area contributed by atoms with Crippen LogP contribution in [0.2, 0.25) is 0 Å². The monoisotopic (exact) mass is 406 g/mol. The van der Waals surface area contributed by atoms with Crippen molar-refractivity contribution in [2.24, 2.45) is 5.16 Å². The van der Waals surface area contributed by atoms with Gasteiger partial charge in [0.25, 0.3) is 5.91 Å². The minimum Gasteiger partial charge on any atom is -0.386 e. The van der Waals surface area contributed by atoms with Crippen LogP contribution in [0.1, 0.15) is 31.7 Å². The lowest BCUT2D eigenvalue weighted by molar-refractivity contribution is -0.110. The van der Waals surface area contributed by atoms with Gasteiger partial charge in [-0.25, -0.2) is 4.79 Å². The van der Waals surface area contributed by atoms with E-state index in [-0.39, 0.29) is 11.9 Å². The van der Waals surface area contributed by atoms with Crippen LogP contribution < -0.4 is 10.6 Å².